The van der Waals surface area contributed by atoms with E-state index in [0.29, 0.717) is 189 Å². The van der Waals surface area contributed by atoms with Gasteiger partial charge in [0.15, 0.2) is 23.0 Å². The first kappa shape index (κ1) is 68.8. The summed E-state index contributed by atoms with van der Waals surface area (Å²) in [5.74, 6) is 1.55. The molecule has 0 aliphatic heterocycles. The van der Waals surface area contributed by atoms with Crippen LogP contribution in [0.3, 0.4) is 0 Å². The molecule has 0 aliphatic carbocycles. The summed E-state index contributed by atoms with van der Waals surface area (Å²) in [5, 5.41) is 0. The van der Waals surface area contributed by atoms with E-state index in [1.54, 1.807) is 54.6 Å². The third-order valence-electron chi connectivity index (χ3n) is 10.8. The molecule has 0 spiro atoms. The van der Waals surface area contributed by atoms with Crippen LogP contribution in [-0.4, -0.2) is 111 Å². The van der Waals surface area contributed by atoms with Crippen LogP contribution < -0.4 is 37.9 Å². The predicted molar refractivity (Wildman–Crippen MR) is 312 cm³/mol. The zero-order chi connectivity index (χ0) is 58.8. The molecule has 0 bridgehead atoms. The summed E-state index contributed by atoms with van der Waals surface area (Å²) in [5.41, 5.74) is 1.09. The van der Waals surface area contributed by atoms with Crippen LogP contribution in [0.2, 0.25) is 0 Å². The third-order valence-corrected chi connectivity index (χ3v) is 10.8. The van der Waals surface area contributed by atoms with Crippen molar-refractivity contribution >= 4 is 24.1 Å². The molecule has 0 fully saturated rings. The Bertz CT molecular complexity index is 2330. The minimum atomic E-state index is -0.676. The van der Waals surface area contributed by atoms with Gasteiger partial charge in [0.25, 0.3) is 0 Å². The molecule has 3 aromatic rings. The van der Waals surface area contributed by atoms with E-state index < -0.39 is 11.9 Å². The number of ether oxygens (including phenoxy) is 11. The number of carbonyl (C=O) groups excluding carboxylic acids is 2. The molecule has 0 heterocycles. The van der Waals surface area contributed by atoms with Gasteiger partial charge < -0.3 is 52.1 Å². The normalized spacial score (nSPS) is 10.9. The number of carbonyl (C=O) groups is 2. The molecule has 0 aliphatic rings. The van der Waals surface area contributed by atoms with Crippen molar-refractivity contribution in [1.29, 1.82) is 0 Å². The maximum absolute atomic E-state index is 13.3. The average Bonchev–Trinajstić information content (AvgIpc) is 3.69. The lowest BCUT2D eigenvalue weighted by Gasteiger charge is -2.19. The van der Waals surface area contributed by atoms with Crippen molar-refractivity contribution in [1.82, 2.24) is 0 Å². The minimum absolute atomic E-state index is 0.207. The highest BCUT2D eigenvalue weighted by Gasteiger charge is 2.20. The molecule has 19 nitrogen and oxygen atoms in total. The second kappa shape index (κ2) is 47.2. The van der Waals surface area contributed by atoms with E-state index in [2.05, 4.69) is 39.5 Å². The van der Waals surface area contributed by atoms with Gasteiger partial charge in [-0.25, -0.2) is 38.9 Å². The van der Waals surface area contributed by atoms with Crippen molar-refractivity contribution < 1.29 is 91.0 Å². The Kier molecular flexibility index (Phi) is 39.5. The Balaban J connectivity index is 1.79. The van der Waals surface area contributed by atoms with Crippen molar-refractivity contribution in [3.63, 3.8) is 0 Å². The lowest BCUT2D eigenvalue weighted by atomic mass is 10.1. The molecule has 0 saturated heterocycles. The van der Waals surface area contributed by atoms with Gasteiger partial charge in [-0.05, 0) is 138 Å². The van der Waals surface area contributed by atoms with E-state index in [9.17, 15) is 9.59 Å². The van der Waals surface area contributed by atoms with Crippen LogP contribution in [0.25, 0.3) is 12.2 Å². The van der Waals surface area contributed by atoms with Crippen LogP contribution in [0.5, 0.6) is 46.0 Å². The fourth-order valence-electron chi connectivity index (χ4n) is 6.80. The van der Waals surface area contributed by atoms with Crippen molar-refractivity contribution in [2.45, 2.75) is 77.0 Å². The van der Waals surface area contributed by atoms with Crippen molar-refractivity contribution in [2.24, 2.45) is 0 Å². The molecule has 0 amide bonds. The maximum atomic E-state index is 13.3. The molecule has 0 saturated carbocycles. The number of unbranched alkanes of at least 4 members (excludes halogenated alkanes) is 6. The molecule has 82 heavy (non-hydrogen) atoms. The van der Waals surface area contributed by atoms with Gasteiger partial charge in [-0.2, -0.15) is 0 Å². The van der Waals surface area contributed by atoms with Crippen LogP contribution in [0, 0.1) is 0 Å². The molecule has 3 aromatic carbocycles. The Labute approximate surface area is 483 Å². The number of rotatable bonds is 54. The molecular weight excluding hydrogens is 1060 g/mol. The topological polar surface area (TPSA) is 191 Å². The van der Waals surface area contributed by atoms with E-state index in [1.807, 2.05) is 0 Å². The van der Waals surface area contributed by atoms with Gasteiger partial charge in [0.05, 0.1) is 98.1 Å². The van der Waals surface area contributed by atoms with E-state index >= 15 is 0 Å². The zero-order valence-corrected chi connectivity index (χ0v) is 47.5. The van der Waals surface area contributed by atoms with Gasteiger partial charge in [0.1, 0.15) is 31.3 Å². The zero-order valence-electron chi connectivity index (χ0n) is 47.5. The summed E-state index contributed by atoms with van der Waals surface area (Å²) in [6.07, 6.45) is 22.9. The molecule has 0 aromatic heterocycles. The van der Waals surface area contributed by atoms with E-state index in [-0.39, 0.29) is 24.7 Å². The predicted octanol–water partition coefficient (Wildman–Crippen LogP) is 12.8. The van der Waals surface area contributed by atoms with E-state index in [4.69, 9.17) is 81.4 Å². The van der Waals surface area contributed by atoms with Crippen LogP contribution in [0.15, 0.2) is 137 Å². The smallest absolute Gasteiger partial charge is 0.336 e. The summed E-state index contributed by atoms with van der Waals surface area (Å²) in [4.78, 5) is 57.2. The highest BCUT2D eigenvalue weighted by Crippen LogP contribution is 2.43. The monoisotopic (exact) mass is 1140 g/mol. The lowest BCUT2D eigenvalue weighted by molar-refractivity contribution is -0.286. The summed E-state index contributed by atoms with van der Waals surface area (Å²) in [6.45, 7) is 27.1. The molecule has 0 radical (unpaired) electrons. The van der Waals surface area contributed by atoms with E-state index in [0.717, 1.165) is 19.3 Å². The van der Waals surface area contributed by atoms with Crippen molar-refractivity contribution in [3.8, 4) is 46.0 Å². The second-order valence-electron chi connectivity index (χ2n) is 17.2. The quantitative estimate of drug-likeness (QED) is 0.00757. The molecule has 0 unspecified atom stereocenters. The molecular formula is C63H84O19. The number of hydrogen-bond donors (Lipinski definition) is 0. The molecule has 0 N–H and O–H groups in total. The van der Waals surface area contributed by atoms with Gasteiger partial charge in [0, 0.05) is 23.3 Å². The minimum Gasteiger partial charge on any atom is -0.502 e. The highest BCUT2D eigenvalue weighted by atomic mass is 17.2. The van der Waals surface area contributed by atoms with Gasteiger partial charge in [0.2, 0.25) is 11.5 Å². The van der Waals surface area contributed by atoms with Crippen LogP contribution >= 0.6 is 0 Å². The Morgan fingerprint density at radius 2 is 0.622 bits per heavy atom. The summed E-state index contributed by atoms with van der Waals surface area (Å²) < 4.78 is 64.9. The average molecular weight is 1150 g/mol. The Hall–Kier alpha value is -7.52. The summed E-state index contributed by atoms with van der Waals surface area (Å²) in [7, 11) is 0. The first-order valence-corrected chi connectivity index (χ1v) is 27.6. The number of hydrogen-bond acceptors (Lipinski definition) is 19. The van der Waals surface area contributed by atoms with Crippen molar-refractivity contribution in [3.05, 3.63) is 148 Å². The second-order valence-corrected chi connectivity index (χ2v) is 17.2. The van der Waals surface area contributed by atoms with E-state index in [1.165, 1.54) is 55.2 Å². The lowest BCUT2D eigenvalue weighted by Crippen LogP contribution is -2.09. The van der Waals surface area contributed by atoms with Crippen LogP contribution in [0.1, 0.15) is 88.2 Å². The fraction of sp³-hybridized carbons (Fsp3) is 0.429. The van der Waals surface area contributed by atoms with Gasteiger partial charge in [-0.1, -0.05) is 38.0 Å². The third kappa shape index (κ3) is 31.5. The summed E-state index contributed by atoms with van der Waals surface area (Å²) >= 11 is 0. The first-order chi connectivity index (χ1) is 40.4. The van der Waals surface area contributed by atoms with Crippen molar-refractivity contribution in [2.75, 3.05) is 99.1 Å². The Morgan fingerprint density at radius 3 is 0.939 bits per heavy atom. The van der Waals surface area contributed by atoms with Gasteiger partial charge >= 0.3 is 11.9 Å². The number of benzene rings is 3. The SMILES string of the molecule is C=CCOOCCCCOc1ccc(C=CC(=O)Oc2ccc(OC(=O)C=Cc3ccc(OCCCCOC=C)c(OCCCCOC=C)c3OCCCCOOCC=C)cc2)c(OCCCCOC=C)c1OCCCCOOCC=C. The maximum Gasteiger partial charge on any atom is 0.336 e. The molecule has 3 rings (SSSR count). The summed E-state index contributed by atoms with van der Waals surface area (Å²) in [6, 6.07) is 13.1. The largest absolute Gasteiger partial charge is 0.502 e. The molecule has 450 valence electrons. The molecule has 0 atom stereocenters. The number of esters is 2. The molecule has 19 heteroatoms. The highest BCUT2D eigenvalue weighted by molar-refractivity contribution is 5.90. The van der Waals surface area contributed by atoms with Crippen LogP contribution in [0.4, 0.5) is 0 Å². The van der Waals surface area contributed by atoms with Gasteiger partial charge in [-0.15, -0.1) is 19.7 Å². The van der Waals surface area contributed by atoms with Crippen LogP contribution in [-0.2, 0) is 53.1 Å². The fourth-order valence-corrected chi connectivity index (χ4v) is 6.80. The van der Waals surface area contributed by atoms with Gasteiger partial charge in [-0.3, -0.25) is 0 Å². The first-order valence-electron chi connectivity index (χ1n) is 27.6. The Morgan fingerprint density at radius 1 is 0.329 bits per heavy atom. The standard InChI is InChI=1S/C63H84O19/c1-7-37-75-78-49-22-19-44-70-57-34-26-52(60(71-45-17-14-41-67-11-5)63(57)74-48-21-24-51-80-77-39-9-3)27-35-58(64)81-54-29-31-55(32-30-54)82-59(65)36-28-53-25-33-56(69-43-16-13-40-66-10-4)62(73-47-18-15-42-68-12-6)61(53)72-46-20-23-50-79-76-38-8-2/h7-12,25-36H,1-6,13-24,37-51H2.